The van der Waals surface area contributed by atoms with Gasteiger partial charge >= 0.3 is 0 Å². The SMILES string of the molecule is CC1(n2c(=S)[nH]c3cnc4ccccc4c32)CCCCC1. The summed E-state index contributed by atoms with van der Waals surface area (Å²) in [4.78, 5) is 7.90. The lowest BCUT2D eigenvalue weighted by molar-refractivity contribution is 0.223. The smallest absolute Gasteiger partial charge is 0.178 e. The molecule has 1 N–H and O–H groups in total. The fourth-order valence-electron chi connectivity index (χ4n) is 3.78. The number of rotatable bonds is 1. The predicted molar refractivity (Wildman–Crippen MR) is 89.2 cm³/mol. The number of imidazole rings is 1. The van der Waals surface area contributed by atoms with Gasteiger partial charge in [0.05, 0.1) is 22.7 Å². The van der Waals surface area contributed by atoms with E-state index in [1.54, 1.807) is 0 Å². The molecule has 0 unspecified atom stereocenters. The molecule has 4 heteroatoms. The van der Waals surface area contributed by atoms with Crippen LogP contribution in [0.1, 0.15) is 39.0 Å². The van der Waals surface area contributed by atoms with Crippen LogP contribution in [0.15, 0.2) is 30.5 Å². The number of aromatic amines is 1. The van der Waals surface area contributed by atoms with Crippen molar-refractivity contribution in [2.45, 2.75) is 44.6 Å². The minimum absolute atomic E-state index is 0.123. The molecule has 1 saturated carbocycles. The van der Waals surface area contributed by atoms with E-state index < -0.39 is 0 Å². The number of hydrogen-bond donors (Lipinski definition) is 1. The van der Waals surface area contributed by atoms with Crippen LogP contribution in [-0.2, 0) is 5.54 Å². The third kappa shape index (κ3) is 1.93. The Kier molecular flexibility index (Phi) is 2.89. The molecule has 0 saturated heterocycles. The zero-order valence-electron chi connectivity index (χ0n) is 12.2. The zero-order chi connectivity index (χ0) is 14.4. The van der Waals surface area contributed by atoms with Gasteiger partial charge < -0.3 is 9.55 Å². The molecule has 0 aliphatic heterocycles. The van der Waals surface area contributed by atoms with Crippen molar-refractivity contribution in [1.29, 1.82) is 0 Å². The van der Waals surface area contributed by atoms with Crippen molar-refractivity contribution in [2.24, 2.45) is 0 Å². The standard InChI is InChI=1S/C17H19N3S/c1-17(9-5-2-6-10-17)20-15-12-7-3-4-8-13(12)18-11-14(15)19-16(20)21/h3-4,7-8,11H,2,5-6,9-10H2,1H3,(H,19,21). The molecular weight excluding hydrogens is 278 g/mol. The Morgan fingerprint density at radius 1 is 1.19 bits per heavy atom. The lowest BCUT2D eigenvalue weighted by Gasteiger charge is -2.35. The number of fused-ring (bicyclic) bond motifs is 3. The van der Waals surface area contributed by atoms with Gasteiger partial charge in [-0.05, 0) is 38.0 Å². The topological polar surface area (TPSA) is 33.6 Å². The second-order valence-corrected chi connectivity index (χ2v) is 6.75. The molecular formula is C17H19N3S. The normalized spacial score (nSPS) is 18.3. The first-order valence-corrected chi connectivity index (χ1v) is 8.09. The molecule has 3 nitrogen and oxygen atoms in total. The maximum absolute atomic E-state index is 5.65. The highest BCUT2D eigenvalue weighted by Gasteiger charge is 2.31. The van der Waals surface area contributed by atoms with Crippen molar-refractivity contribution >= 4 is 34.2 Å². The van der Waals surface area contributed by atoms with Gasteiger partial charge in [-0.3, -0.25) is 4.98 Å². The number of H-pyrrole nitrogens is 1. The van der Waals surface area contributed by atoms with Gasteiger partial charge in [0.1, 0.15) is 0 Å². The highest BCUT2D eigenvalue weighted by molar-refractivity contribution is 7.71. The van der Waals surface area contributed by atoms with Crippen LogP contribution in [-0.4, -0.2) is 14.5 Å². The van der Waals surface area contributed by atoms with E-state index in [0.717, 1.165) is 15.8 Å². The van der Waals surface area contributed by atoms with Crippen LogP contribution in [0, 0.1) is 4.77 Å². The van der Waals surface area contributed by atoms with Gasteiger partial charge in [0.2, 0.25) is 0 Å². The van der Waals surface area contributed by atoms with Gasteiger partial charge in [0.25, 0.3) is 0 Å². The van der Waals surface area contributed by atoms with Crippen LogP contribution in [0.4, 0.5) is 0 Å². The van der Waals surface area contributed by atoms with Crippen LogP contribution in [0.5, 0.6) is 0 Å². The number of pyridine rings is 1. The monoisotopic (exact) mass is 297 g/mol. The first-order valence-electron chi connectivity index (χ1n) is 7.68. The maximum atomic E-state index is 5.65. The molecule has 21 heavy (non-hydrogen) atoms. The fraction of sp³-hybridized carbons (Fsp3) is 0.412. The maximum Gasteiger partial charge on any atom is 0.178 e. The summed E-state index contributed by atoms with van der Waals surface area (Å²) < 4.78 is 3.19. The Labute approximate surface area is 129 Å². The molecule has 1 aliphatic carbocycles. The molecule has 1 fully saturated rings. The molecule has 0 radical (unpaired) electrons. The van der Waals surface area contributed by atoms with Crippen LogP contribution in [0.3, 0.4) is 0 Å². The molecule has 3 aromatic rings. The molecule has 2 heterocycles. The largest absolute Gasteiger partial charge is 0.329 e. The minimum atomic E-state index is 0.123. The Morgan fingerprint density at radius 3 is 2.76 bits per heavy atom. The van der Waals surface area contributed by atoms with E-state index in [9.17, 15) is 0 Å². The van der Waals surface area contributed by atoms with Gasteiger partial charge in [0.15, 0.2) is 4.77 Å². The summed E-state index contributed by atoms with van der Waals surface area (Å²) in [5.74, 6) is 0. The van der Waals surface area contributed by atoms with Crippen molar-refractivity contribution in [3.8, 4) is 0 Å². The minimum Gasteiger partial charge on any atom is -0.329 e. The van der Waals surface area contributed by atoms with Crippen LogP contribution in [0.2, 0.25) is 0 Å². The van der Waals surface area contributed by atoms with E-state index in [-0.39, 0.29) is 5.54 Å². The van der Waals surface area contributed by atoms with Gasteiger partial charge in [-0.25, -0.2) is 0 Å². The van der Waals surface area contributed by atoms with Gasteiger partial charge in [-0.15, -0.1) is 0 Å². The summed E-state index contributed by atoms with van der Waals surface area (Å²) in [5, 5.41) is 1.19. The summed E-state index contributed by atoms with van der Waals surface area (Å²) in [6, 6.07) is 8.33. The first kappa shape index (κ1) is 13.0. The van der Waals surface area contributed by atoms with Crippen LogP contribution < -0.4 is 0 Å². The van der Waals surface area contributed by atoms with Crippen LogP contribution in [0.25, 0.3) is 21.9 Å². The van der Waals surface area contributed by atoms with Crippen molar-refractivity contribution in [1.82, 2.24) is 14.5 Å². The second-order valence-electron chi connectivity index (χ2n) is 6.36. The highest BCUT2D eigenvalue weighted by atomic mass is 32.1. The summed E-state index contributed by atoms with van der Waals surface area (Å²) in [6.07, 6.45) is 8.22. The predicted octanol–water partition coefficient (Wildman–Crippen LogP) is 4.93. The second kappa shape index (κ2) is 4.67. The molecule has 2 aromatic heterocycles. The molecule has 0 amide bonds. The number of hydrogen-bond acceptors (Lipinski definition) is 2. The highest BCUT2D eigenvalue weighted by Crippen LogP contribution is 2.38. The Hall–Kier alpha value is -1.68. The first-order chi connectivity index (χ1) is 10.2. The average Bonchev–Trinajstić information content (AvgIpc) is 2.85. The van der Waals surface area contributed by atoms with Gasteiger partial charge in [-0.2, -0.15) is 0 Å². The quantitative estimate of drug-likeness (QED) is 0.646. The molecule has 108 valence electrons. The third-order valence-electron chi connectivity index (χ3n) is 4.89. The Balaban J connectivity index is 2.10. The lowest BCUT2D eigenvalue weighted by Crippen LogP contribution is -2.32. The van der Waals surface area contributed by atoms with Gasteiger partial charge in [-0.1, -0.05) is 37.5 Å². The molecule has 1 aliphatic rings. The number of benzene rings is 1. The summed E-state index contributed by atoms with van der Waals surface area (Å²) >= 11 is 5.65. The molecule has 4 rings (SSSR count). The fourth-order valence-corrected chi connectivity index (χ4v) is 4.21. The number of aromatic nitrogens is 3. The number of nitrogens with one attached hydrogen (secondary N) is 1. The molecule has 1 aromatic carbocycles. The molecule has 0 atom stereocenters. The molecule has 0 spiro atoms. The number of nitrogens with zero attached hydrogens (tertiary/aromatic N) is 2. The van der Waals surface area contributed by atoms with Crippen molar-refractivity contribution in [2.75, 3.05) is 0 Å². The average molecular weight is 297 g/mol. The van der Waals surface area contributed by atoms with E-state index in [4.69, 9.17) is 12.2 Å². The number of para-hydroxylation sites is 1. The van der Waals surface area contributed by atoms with Crippen LogP contribution >= 0.6 is 12.2 Å². The van der Waals surface area contributed by atoms with Crippen molar-refractivity contribution in [3.63, 3.8) is 0 Å². The lowest BCUT2D eigenvalue weighted by atomic mass is 9.83. The van der Waals surface area contributed by atoms with E-state index >= 15 is 0 Å². The summed E-state index contributed by atoms with van der Waals surface area (Å²) in [6.45, 7) is 2.35. The molecule has 0 bridgehead atoms. The Bertz CT molecular complexity index is 868. The van der Waals surface area contributed by atoms with E-state index in [2.05, 4.69) is 39.7 Å². The summed E-state index contributed by atoms with van der Waals surface area (Å²) in [5.41, 5.74) is 3.42. The van der Waals surface area contributed by atoms with E-state index in [0.29, 0.717) is 0 Å². The summed E-state index contributed by atoms with van der Waals surface area (Å²) in [7, 11) is 0. The third-order valence-corrected chi connectivity index (χ3v) is 5.17. The van der Waals surface area contributed by atoms with Crippen molar-refractivity contribution in [3.05, 3.63) is 35.2 Å². The Morgan fingerprint density at radius 2 is 1.95 bits per heavy atom. The van der Waals surface area contributed by atoms with Gasteiger partial charge in [0, 0.05) is 10.9 Å². The zero-order valence-corrected chi connectivity index (χ0v) is 13.0. The van der Waals surface area contributed by atoms with E-state index in [1.165, 1.54) is 43.0 Å². The van der Waals surface area contributed by atoms with E-state index in [1.807, 2.05) is 12.3 Å². The van der Waals surface area contributed by atoms with Crippen molar-refractivity contribution < 1.29 is 0 Å².